The number of hydrogen-bond acceptors (Lipinski definition) is 2. The number of nitrogens with zero attached hydrogens (tertiary/aromatic N) is 1. The molecule has 0 unspecified atom stereocenters. The van der Waals surface area contributed by atoms with Crippen molar-refractivity contribution < 1.29 is 9.53 Å². The highest BCUT2D eigenvalue weighted by Gasteiger charge is 2.21. The molecule has 0 saturated heterocycles. The fourth-order valence-corrected chi connectivity index (χ4v) is 3.63. The van der Waals surface area contributed by atoms with Gasteiger partial charge in [0.15, 0.2) is 8.24 Å². The molecule has 0 fully saturated rings. The van der Waals surface area contributed by atoms with Gasteiger partial charge in [-0.2, -0.15) is 0 Å². The van der Waals surface area contributed by atoms with Crippen LogP contribution in [-0.2, 0) is 16.0 Å². The number of hydrogen-bond donors (Lipinski definition) is 0. The molecule has 0 amide bonds. The van der Waals surface area contributed by atoms with Gasteiger partial charge in [0.2, 0.25) is 0 Å². The Morgan fingerprint density at radius 2 is 1.94 bits per heavy atom. The van der Waals surface area contributed by atoms with Gasteiger partial charge in [0, 0.05) is 10.9 Å². The molecular weight excluding hydrogens is 242 g/mol. The molecule has 0 bridgehead atoms. The van der Waals surface area contributed by atoms with E-state index in [0.717, 1.165) is 10.9 Å². The summed E-state index contributed by atoms with van der Waals surface area (Å²) in [5, 5.41) is 1.16. The second-order valence-corrected chi connectivity index (χ2v) is 10.3. The Hall–Kier alpha value is -1.55. The van der Waals surface area contributed by atoms with E-state index in [9.17, 15) is 4.79 Å². The van der Waals surface area contributed by atoms with Crippen LogP contribution in [-0.4, -0.2) is 25.5 Å². The van der Waals surface area contributed by atoms with Crippen molar-refractivity contribution in [3.63, 3.8) is 0 Å². The Morgan fingerprint density at radius 3 is 2.56 bits per heavy atom. The van der Waals surface area contributed by atoms with Crippen LogP contribution in [0, 0.1) is 0 Å². The number of methoxy groups -OCH3 is 1. The van der Waals surface area contributed by atoms with E-state index in [4.69, 9.17) is 4.74 Å². The zero-order valence-electron chi connectivity index (χ0n) is 11.4. The SMILES string of the molecule is COC(=O)Cc1cn([Si](C)(C)C)c2ccccc12. The van der Waals surface area contributed by atoms with Crippen LogP contribution in [0.15, 0.2) is 30.5 Å². The average molecular weight is 261 g/mol. The summed E-state index contributed by atoms with van der Waals surface area (Å²) in [7, 11) is -0.0430. The van der Waals surface area contributed by atoms with Crippen molar-refractivity contribution in [3.8, 4) is 0 Å². The number of benzene rings is 1. The minimum atomic E-state index is -1.47. The van der Waals surface area contributed by atoms with Crippen LogP contribution in [0.5, 0.6) is 0 Å². The summed E-state index contributed by atoms with van der Waals surface area (Å²) in [6.07, 6.45) is 2.46. The Labute approximate surface area is 108 Å². The average Bonchev–Trinajstić information content (AvgIpc) is 2.68. The molecule has 0 atom stereocenters. The van der Waals surface area contributed by atoms with Crippen LogP contribution in [0.4, 0.5) is 0 Å². The lowest BCUT2D eigenvalue weighted by atomic mass is 10.1. The van der Waals surface area contributed by atoms with E-state index in [-0.39, 0.29) is 5.97 Å². The standard InChI is InChI=1S/C14H19NO2Si/c1-17-14(16)9-11-10-15(18(2,3)4)13-8-6-5-7-12(11)13/h5-8,10H,9H2,1-4H3. The molecule has 4 heteroatoms. The fraction of sp³-hybridized carbons (Fsp3) is 0.357. The molecule has 0 spiro atoms. The lowest BCUT2D eigenvalue weighted by Gasteiger charge is -2.19. The molecule has 2 rings (SSSR count). The molecule has 0 aliphatic heterocycles. The van der Waals surface area contributed by atoms with E-state index >= 15 is 0 Å². The predicted molar refractivity (Wildman–Crippen MR) is 76.4 cm³/mol. The minimum absolute atomic E-state index is 0.187. The molecule has 1 aromatic carbocycles. The molecule has 0 radical (unpaired) electrons. The number of carbonyl (C=O) groups excluding carboxylic acids is 1. The van der Waals surface area contributed by atoms with Crippen molar-refractivity contribution in [3.05, 3.63) is 36.0 Å². The summed E-state index contributed by atoms with van der Waals surface area (Å²) >= 11 is 0. The van der Waals surface area contributed by atoms with Crippen molar-refractivity contribution in [2.75, 3.05) is 7.11 Å². The second kappa shape index (κ2) is 4.61. The third kappa shape index (κ3) is 2.34. The van der Waals surface area contributed by atoms with Crippen molar-refractivity contribution in [2.45, 2.75) is 26.1 Å². The van der Waals surface area contributed by atoms with Crippen LogP contribution in [0.2, 0.25) is 19.6 Å². The maximum Gasteiger partial charge on any atom is 0.310 e. The molecule has 0 N–H and O–H groups in total. The maximum atomic E-state index is 11.5. The number of ether oxygens (including phenoxy) is 1. The Morgan fingerprint density at radius 1 is 1.28 bits per heavy atom. The van der Waals surface area contributed by atoms with Crippen molar-refractivity contribution >= 4 is 25.1 Å². The number of carbonyl (C=O) groups is 1. The number of esters is 1. The van der Waals surface area contributed by atoms with Crippen molar-refractivity contribution in [1.82, 2.24) is 4.23 Å². The second-order valence-electron chi connectivity index (χ2n) is 5.47. The van der Waals surface area contributed by atoms with Gasteiger partial charge in [0.1, 0.15) is 0 Å². The number of fused-ring (bicyclic) bond motifs is 1. The normalized spacial score (nSPS) is 11.8. The van der Waals surface area contributed by atoms with Crippen LogP contribution in [0.25, 0.3) is 10.9 Å². The lowest BCUT2D eigenvalue weighted by Crippen LogP contribution is -2.31. The molecule has 0 aliphatic rings. The highest BCUT2D eigenvalue weighted by Crippen LogP contribution is 2.25. The van der Waals surface area contributed by atoms with Gasteiger partial charge in [-0.05, 0) is 17.8 Å². The first kappa shape index (κ1) is 12.9. The molecule has 1 aromatic heterocycles. The Bertz CT molecular complexity index is 581. The van der Waals surface area contributed by atoms with Gasteiger partial charge in [-0.1, -0.05) is 37.8 Å². The van der Waals surface area contributed by atoms with Crippen molar-refractivity contribution in [1.29, 1.82) is 0 Å². The predicted octanol–water partition coefficient (Wildman–Crippen LogP) is 3.04. The van der Waals surface area contributed by atoms with Crippen molar-refractivity contribution in [2.24, 2.45) is 0 Å². The molecule has 18 heavy (non-hydrogen) atoms. The fourth-order valence-electron chi connectivity index (χ4n) is 2.17. The smallest absolute Gasteiger partial charge is 0.310 e. The maximum absolute atomic E-state index is 11.5. The topological polar surface area (TPSA) is 31.2 Å². The van der Waals surface area contributed by atoms with Gasteiger partial charge in [-0.15, -0.1) is 0 Å². The summed E-state index contributed by atoms with van der Waals surface area (Å²) in [4.78, 5) is 11.5. The molecule has 3 nitrogen and oxygen atoms in total. The zero-order chi connectivity index (χ0) is 13.3. The third-order valence-corrected chi connectivity index (χ3v) is 4.90. The van der Waals surface area contributed by atoms with E-state index in [1.54, 1.807) is 0 Å². The Balaban J connectivity index is 2.58. The van der Waals surface area contributed by atoms with E-state index in [0.29, 0.717) is 6.42 Å². The molecule has 96 valence electrons. The molecule has 0 saturated carbocycles. The van der Waals surface area contributed by atoms with Gasteiger partial charge in [-0.3, -0.25) is 4.79 Å². The van der Waals surface area contributed by atoms with Crippen LogP contribution < -0.4 is 0 Å². The van der Waals surface area contributed by atoms with Gasteiger partial charge < -0.3 is 8.97 Å². The quantitative estimate of drug-likeness (QED) is 0.628. The largest absolute Gasteiger partial charge is 0.469 e. The Kier molecular flexibility index (Phi) is 3.30. The summed E-state index contributed by atoms with van der Waals surface area (Å²) in [5.74, 6) is -0.187. The van der Waals surface area contributed by atoms with Gasteiger partial charge in [-0.25, -0.2) is 0 Å². The number of rotatable bonds is 3. The first-order valence-electron chi connectivity index (χ1n) is 6.10. The minimum Gasteiger partial charge on any atom is -0.469 e. The first-order chi connectivity index (χ1) is 8.43. The van der Waals surface area contributed by atoms with Crippen LogP contribution in [0.1, 0.15) is 5.56 Å². The van der Waals surface area contributed by atoms with E-state index in [2.05, 4.69) is 42.2 Å². The first-order valence-corrected chi connectivity index (χ1v) is 9.54. The molecule has 1 heterocycles. The van der Waals surface area contributed by atoms with Gasteiger partial charge in [0.25, 0.3) is 0 Å². The molecular formula is C14H19NO2Si. The van der Waals surface area contributed by atoms with Crippen LogP contribution in [0.3, 0.4) is 0 Å². The van der Waals surface area contributed by atoms with Gasteiger partial charge >= 0.3 is 5.97 Å². The van der Waals surface area contributed by atoms with Gasteiger partial charge in [0.05, 0.1) is 13.5 Å². The van der Waals surface area contributed by atoms with E-state index in [1.165, 1.54) is 12.6 Å². The highest BCUT2D eigenvalue weighted by molar-refractivity contribution is 6.75. The number of para-hydroxylation sites is 1. The van der Waals surface area contributed by atoms with E-state index in [1.807, 2.05) is 12.1 Å². The molecule has 0 aliphatic carbocycles. The highest BCUT2D eigenvalue weighted by atomic mass is 28.3. The zero-order valence-corrected chi connectivity index (χ0v) is 12.4. The summed E-state index contributed by atoms with van der Waals surface area (Å²) in [6.45, 7) is 6.88. The third-order valence-electron chi connectivity index (χ3n) is 3.08. The van der Waals surface area contributed by atoms with E-state index < -0.39 is 8.24 Å². The van der Waals surface area contributed by atoms with Crippen LogP contribution >= 0.6 is 0 Å². The summed E-state index contributed by atoms with van der Waals surface area (Å²) in [5.41, 5.74) is 2.27. The monoisotopic (exact) mass is 261 g/mol. The summed E-state index contributed by atoms with van der Waals surface area (Å²) < 4.78 is 7.11. The number of aromatic nitrogens is 1. The lowest BCUT2D eigenvalue weighted by molar-refractivity contribution is -0.139. The molecule has 2 aromatic rings. The summed E-state index contributed by atoms with van der Waals surface area (Å²) in [6, 6.07) is 8.25.